The number of isocyanates is 2. The van der Waals surface area contributed by atoms with Gasteiger partial charge in [-0.25, -0.2) is 9.59 Å². The van der Waals surface area contributed by atoms with Gasteiger partial charge in [0, 0.05) is 0 Å². The van der Waals surface area contributed by atoms with E-state index in [1.54, 1.807) is 19.1 Å². The van der Waals surface area contributed by atoms with Crippen LogP contribution < -0.4 is 0 Å². The summed E-state index contributed by atoms with van der Waals surface area (Å²) in [6.07, 6.45) is 2.84. The van der Waals surface area contributed by atoms with Crippen LogP contribution in [-0.4, -0.2) is 22.9 Å². The van der Waals surface area contributed by atoms with Gasteiger partial charge in [-0.15, -0.1) is 0 Å². The second-order valence-corrected chi connectivity index (χ2v) is 5.19. The molecule has 5 heteroatoms. The van der Waals surface area contributed by atoms with E-state index in [1.165, 1.54) is 18.2 Å². The predicted octanol–water partition coefficient (Wildman–Crippen LogP) is 3.34. The van der Waals surface area contributed by atoms with E-state index in [2.05, 4.69) is 9.98 Å². The summed E-state index contributed by atoms with van der Waals surface area (Å²) in [5.74, 6) is 0.354. The van der Waals surface area contributed by atoms with Crippen molar-refractivity contribution in [1.29, 1.82) is 0 Å². The number of carbonyl (C=O) groups excluding carboxylic acids is 2. The van der Waals surface area contributed by atoms with Gasteiger partial charge in [0.15, 0.2) is 0 Å². The fourth-order valence-electron chi connectivity index (χ4n) is 0.890. The van der Waals surface area contributed by atoms with Crippen LogP contribution in [0.2, 0.25) is 0 Å². The third kappa shape index (κ3) is 6.76. The van der Waals surface area contributed by atoms with Crippen LogP contribution in [0.1, 0.15) is 33.3 Å². The van der Waals surface area contributed by atoms with Crippen LogP contribution in [0.15, 0.2) is 28.2 Å². The fraction of sp³-hybridized carbons (Fsp3) is 0.467. The number of aryl methyl sites for hydroxylation is 1. The van der Waals surface area contributed by atoms with Crippen molar-refractivity contribution in [2.24, 2.45) is 15.9 Å². The Morgan fingerprint density at radius 2 is 1.65 bits per heavy atom. The smallest absolute Gasteiger partial charge is 0.240 e. The van der Waals surface area contributed by atoms with Crippen molar-refractivity contribution in [3.05, 3.63) is 23.8 Å². The Labute approximate surface area is 119 Å². The lowest BCUT2D eigenvalue weighted by molar-refractivity contribution is 0.0327. The summed E-state index contributed by atoms with van der Waals surface area (Å²) in [4.78, 5) is 26.8. The van der Waals surface area contributed by atoms with Crippen LogP contribution in [0.5, 0.6) is 0 Å². The molecule has 0 aliphatic rings. The van der Waals surface area contributed by atoms with E-state index in [1.807, 2.05) is 27.7 Å². The predicted molar refractivity (Wildman–Crippen MR) is 77.9 cm³/mol. The first-order chi connectivity index (χ1) is 9.22. The standard InChI is InChI=1S/C9H6N2O2.C6H14O/c1-7-2-3-8(10-5-12)4-9(7)11-6-13;1-5(2)6(3,4)7/h2-4H,1H3;5,7H,1-4H3. The SMILES string of the molecule is CC(C)C(C)(C)O.Cc1ccc(N=C=O)cc1N=C=O. The van der Waals surface area contributed by atoms with E-state index in [9.17, 15) is 9.59 Å². The van der Waals surface area contributed by atoms with Gasteiger partial charge in [-0.2, -0.15) is 9.98 Å². The van der Waals surface area contributed by atoms with Crippen LogP contribution in [0.3, 0.4) is 0 Å². The summed E-state index contributed by atoms with van der Waals surface area (Å²) in [7, 11) is 0. The lowest BCUT2D eigenvalue weighted by Crippen LogP contribution is -2.25. The number of nitrogens with zero attached hydrogens (tertiary/aromatic N) is 2. The molecular weight excluding hydrogens is 256 g/mol. The highest BCUT2D eigenvalue weighted by Gasteiger charge is 2.16. The second-order valence-electron chi connectivity index (χ2n) is 5.19. The Kier molecular flexibility index (Phi) is 7.34. The van der Waals surface area contributed by atoms with Gasteiger partial charge in [0.2, 0.25) is 12.2 Å². The van der Waals surface area contributed by atoms with Crippen molar-refractivity contribution in [3.8, 4) is 0 Å². The Morgan fingerprint density at radius 3 is 2.05 bits per heavy atom. The van der Waals surface area contributed by atoms with Crippen molar-refractivity contribution >= 4 is 23.5 Å². The molecule has 0 amide bonds. The Morgan fingerprint density at radius 1 is 1.15 bits per heavy atom. The normalized spacial score (nSPS) is 9.95. The van der Waals surface area contributed by atoms with Crippen LogP contribution in [0, 0.1) is 12.8 Å². The molecule has 0 radical (unpaired) electrons. The van der Waals surface area contributed by atoms with E-state index in [-0.39, 0.29) is 0 Å². The molecule has 1 rings (SSSR count). The van der Waals surface area contributed by atoms with Crippen molar-refractivity contribution in [1.82, 2.24) is 0 Å². The first-order valence-electron chi connectivity index (χ1n) is 6.21. The maximum atomic E-state index is 10.00. The zero-order valence-corrected chi connectivity index (χ0v) is 12.5. The molecule has 1 N–H and O–H groups in total. The lowest BCUT2D eigenvalue weighted by atomic mass is 9.95. The van der Waals surface area contributed by atoms with E-state index >= 15 is 0 Å². The molecular formula is C15H20N2O3. The number of aliphatic hydroxyl groups is 1. The molecule has 0 aromatic heterocycles. The summed E-state index contributed by atoms with van der Waals surface area (Å²) in [6, 6.07) is 4.88. The van der Waals surface area contributed by atoms with Crippen LogP contribution in [-0.2, 0) is 9.59 Å². The van der Waals surface area contributed by atoms with E-state index in [4.69, 9.17) is 5.11 Å². The monoisotopic (exact) mass is 276 g/mol. The summed E-state index contributed by atoms with van der Waals surface area (Å²) < 4.78 is 0. The van der Waals surface area contributed by atoms with Crippen LogP contribution >= 0.6 is 0 Å². The van der Waals surface area contributed by atoms with Crippen LogP contribution in [0.25, 0.3) is 0 Å². The third-order valence-corrected chi connectivity index (χ3v) is 2.95. The van der Waals surface area contributed by atoms with Crippen molar-refractivity contribution in [2.45, 2.75) is 40.2 Å². The second kappa shape index (κ2) is 8.18. The molecule has 1 aromatic rings. The molecule has 0 unspecified atom stereocenters. The number of hydrogen-bond acceptors (Lipinski definition) is 5. The van der Waals surface area contributed by atoms with E-state index in [0.29, 0.717) is 17.3 Å². The van der Waals surface area contributed by atoms with Crippen molar-refractivity contribution < 1.29 is 14.7 Å². The largest absolute Gasteiger partial charge is 0.390 e. The minimum atomic E-state index is -0.500. The van der Waals surface area contributed by atoms with Gasteiger partial charge < -0.3 is 5.11 Å². The molecule has 0 fully saturated rings. The van der Waals surface area contributed by atoms with Gasteiger partial charge in [0.05, 0.1) is 17.0 Å². The minimum absolute atomic E-state index is 0.354. The third-order valence-electron chi connectivity index (χ3n) is 2.95. The molecule has 5 nitrogen and oxygen atoms in total. The Hall–Kier alpha value is -2.06. The molecule has 0 aliphatic heterocycles. The number of rotatable bonds is 3. The maximum absolute atomic E-state index is 10.00. The van der Waals surface area contributed by atoms with Gasteiger partial charge in [0.1, 0.15) is 0 Å². The Balaban J connectivity index is 0.000000441. The number of hydrogen-bond donors (Lipinski definition) is 1. The molecule has 1 aromatic carbocycles. The molecule has 0 saturated heterocycles. The molecule has 0 atom stereocenters. The zero-order valence-electron chi connectivity index (χ0n) is 12.5. The molecule has 108 valence electrons. The van der Waals surface area contributed by atoms with Gasteiger partial charge in [0.25, 0.3) is 0 Å². The summed E-state index contributed by atoms with van der Waals surface area (Å²) in [5.41, 5.74) is 1.22. The Bertz CT molecular complexity index is 533. The average Bonchev–Trinajstić information content (AvgIpc) is 2.34. The lowest BCUT2D eigenvalue weighted by Gasteiger charge is -2.21. The summed E-state index contributed by atoms with van der Waals surface area (Å²) >= 11 is 0. The molecule has 0 heterocycles. The van der Waals surface area contributed by atoms with Crippen LogP contribution in [0.4, 0.5) is 11.4 Å². The minimum Gasteiger partial charge on any atom is -0.390 e. The summed E-state index contributed by atoms with van der Waals surface area (Å²) in [6.45, 7) is 9.43. The highest BCUT2D eigenvalue weighted by molar-refractivity contribution is 5.61. The highest BCUT2D eigenvalue weighted by Crippen LogP contribution is 2.23. The molecule has 20 heavy (non-hydrogen) atoms. The molecule has 0 saturated carbocycles. The quantitative estimate of drug-likeness (QED) is 0.679. The van der Waals surface area contributed by atoms with Crippen molar-refractivity contribution in [3.63, 3.8) is 0 Å². The van der Waals surface area contributed by atoms with Gasteiger partial charge >= 0.3 is 0 Å². The van der Waals surface area contributed by atoms with E-state index in [0.717, 1.165) is 5.56 Å². The van der Waals surface area contributed by atoms with Gasteiger partial charge in [-0.05, 0) is 44.4 Å². The first kappa shape index (κ1) is 17.9. The first-order valence-corrected chi connectivity index (χ1v) is 6.21. The maximum Gasteiger partial charge on any atom is 0.240 e. The summed E-state index contributed by atoms with van der Waals surface area (Å²) in [5, 5.41) is 9.09. The number of aliphatic imine (C=N–C) groups is 2. The zero-order chi connectivity index (χ0) is 15.8. The molecule has 0 spiro atoms. The van der Waals surface area contributed by atoms with Gasteiger partial charge in [-0.3, -0.25) is 0 Å². The van der Waals surface area contributed by atoms with E-state index < -0.39 is 5.60 Å². The highest BCUT2D eigenvalue weighted by atomic mass is 16.3. The topological polar surface area (TPSA) is 79.1 Å². The molecule has 0 aliphatic carbocycles. The number of benzene rings is 1. The van der Waals surface area contributed by atoms with Crippen molar-refractivity contribution in [2.75, 3.05) is 0 Å². The van der Waals surface area contributed by atoms with Gasteiger partial charge in [-0.1, -0.05) is 19.9 Å². The molecule has 0 bridgehead atoms. The fourth-order valence-corrected chi connectivity index (χ4v) is 0.890. The average molecular weight is 276 g/mol.